The van der Waals surface area contributed by atoms with Crippen LogP contribution in [0.5, 0.6) is 11.8 Å². The van der Waals surface area contributed by atoms with Crippen LogP contribution >= 0.6 is 0 Å². The van der Waals surface area contributed by atoms with Gasteiger partial charge in [0, 0.05) is 56.2 Å². The van der Waals surface area contributed by atoms with Gasteiger partial charge in [0.2, 0.25) is 17.7 Å². The van der Waals surface area contributed by atoms with Gasteiger partial charge in [0.25, 0.3) is 0 Å². The molecule has 5 N–H and O–H groups in total. The van der Waals surface area contributed by atoms with Gasteiger partial charge < -0.3 is 35.6 Å². The average molecular weight is 561 g/mol. The third-order valence-corrected chi connectivity index (χ3v) is 5.88. The van der Waals surface area contributed by atoms with E-state index in [1.807, 2.05) is 12.1 Å². The lowest BCUT2D eigenvalue weighted by molar-refractivity contribution is -0.122. The van der Waals surface area contributed by atoms with Crippen molar-refractivity contribution < 1.29 is 38.9 Å². The van der Waals surface area contributed by atoms with E-state index in [-0.39, 0.29) is 61.3 Å². The fourth-order valence-corrected chi connectivity index (χ4v) is 3.63. The van der Waals surface area contributed by atoms with Crippen LogP contribution in [0.2, 0.25) is 0 Å². The number of ketones is 1. The molecule has 3 amide bonds. The van der Waals surface area contributed by atoms with Gasteiger partial charge >= 0.3 is 0 Å². The highest BCUT2D eigenvalue weighted by Gasteiger charge is 2.12. The van der Waals surface area contributed by atoms with Crippen LogP contribution in [-0.4, -0.2) is 77.8 Å². The summed E-state index contributed by atoms with van der Waals surface area (Å²) in [6.45, 7) is 5.15. The molecule has 1 aromatic carbocycles. The van der Waals surface area contributed by atoms with Crippen LogP contribution in [0.15, 0.2) is 30.3 Å². The van der Waals surface area contributed by atoms with Gasteiger partial charge in [-0.15, -0.1) is 0 Å². The van der Waals surface area contributed by atoms with E-state index in [1.54, 1.807) is 19.1 Å². The molecule has 2 aromatic rings. The second kappa shape index (κ2) is 17.6. The Morgan fingerprint density at radius 2 is 1.45 bits per heavy atom. The van der Waals surface area contributed by atoms with Gasteiger partial charge in [-0.25, -0.2) is 0 Å². The third kappa shape index (κ3) is 12.8. The highest BCUT2D eigenvalue weighted by Crippen LogP contribution is 2.26. The molecule has 40 heavy (non-hydrogen) atoms. The Morgan fingerprint density at radius 1 is 0.800 bits per heavy atom. The highest BCUT2D eigenvalue weighted by atomic mass is 16.5. The summed E-state index contributed by atoms with van der Waals surface area (Å²) in [5.74, 6) is -0.615. The van der Waals surface area contributed by atoms with Crippen LogP contribution in [0.3, 0.4) is 0 Å². The lowest BCUT2D eigenvalue weighted by Gasteiger charge is -2.09. The van der Waals surface area contributed by atoms with Crippen molar-refractivity contribution in [3.05, 3.63) is 41.5 Å². The maximum atomic E-state index is 12.1. The Bertz CT molecular complexity index is 1110. The first-order valence-electron chi connectivity index (χ1n) is 13.3. The number of Topliss-reactive ketones (excluding diaryl/α,β-unsaturated/α-hetero) is 1. The minimum atomic E-state index is -0.226. The molecule has 2 rings (SSSR count). The molecule has 0 fully saturated rings. The molecule has 0 radical (unpaired) electrons. The first-order valence-corrected chi connectivity index (χ1v) is 13.3. The lowest BCUT2D eigenvalue weighted by atomic mass is 10.1. The number of rotatable bonds is 19. The predicted octanol–water partition coefficient (Wildman–Crippen LogP) is 1.80. The topological polar surface area (TPSA) is 168 Å². The number of aromatic nitrogens is 1. The molecule has 0 saturated carbocycles. The first kappa shape index (κ1) is 32.3. The van der Waals surface area contributed by atoms with E-state index in [1.165, 1.54) is 17.6 Å². The van der Waals surface area contributed by atoms with Gasteiger partial charge in [0.1, 0.15) is 5.78 Å². The van der Waals surface area contributed by atoms with Crippen molar-refractivity contribution in [1.29, 1.82) is 0 Å². The van der Waals surface area contributed by atoms with Gasteiger partial charge in [-0.1, -0.05) is 12.1 Å². The Labute approximate surface area is 234 Å². The summed E-state index contributed by atoms with van der Waals surface area (Å²) >= 11 is 0. The fourth-order valence-electron chi connectivity index (χ4n) is 3.63. The van der Waals surface area contributed by atoms with E-state index < -0.39 is 0 Å². The van der Waals surface area contributed by atoms with Crippen LogP contribution in [0, 0.1) is 6.92 Å². The normalized spacial score (nSPS) is 10.8. The number of anilines is 1. The summed E-state index contributed by atoms with van der Waals surface area (Å²) in [6, 6.07) is 8.71. The largest absolute Gasteiger partial charge is 0.494 e. The Hall–Kier alpha value is -3.90. The van der Waals surface area contributed by atoms with E-state index in [9.17, 15) is 29.4 Å². The Morgan fingerprint density at radius 3 is 2.10 bits per heavy atom. The predicted molar refractivity (Wildman–Crippen MR) is 148 cm³/mol. The summed E-state index contributed by atoms with van der Waals surface area (Å²) in [5.41, 5.74) is 2.16. The van der Waals surface area contributed by atoms with Gasteiger partial charge in [-0.2, -0.15) is 0 Å². The smallest absolute Gasteiger partial charge is 0.226 e. The number of carbonyl (C=O) groups is 4. The van der Waals surface area contributed by atoms with Crippen molar-refractivity contribution in [2.24, 2.45) is 0 Å². The minimum Gasteiger partial charge on any atom is -0.494 e. The van der Waals surface area contributed by atoms with Crippen LogP contribution in [0.4, 0.5) is 5.69 Å². The molecule has 12 heteroatoms. The number of aromatic hydroxyl groups is 2. The molecule has 0 bridgehead atoms. The van der Waals surface area contributed by atoms with E-state index >= 15 is 0 Å². The molecule has 1 heterocycles. The van der Waals surface area contributed by atoms with Crippen molar-refractivity contribution >= 4 is 29.2 Å². The summed E-state index contributed by atoms with van der Waals surface area (Å²) in [5, 5.41) is 27.8. The first-order chi connectivity index (χ1) is 19.2. The molecule has 0 unspecified atom stereocenters. The van der Waals surface area contributed by atoms with Crippen molar-refractivity contribution in [2.75, 3.05) is 44.8 Å². The molecule has 0 saturated heterocycles. The van der Waals surface area contributed by atoms with Gasteiger partial charge in [-0.3, -0.25) is 23.7 Å². The number of nitrogens with zero attached hydrogens (tertiary/aromatic N) is 1. The molecular formula is C28H40N4O8. The zero-order valence-corrected chi connectivity index (χ0v) is 23.2. The monoisotopic (exact) mass is 560 g/mol. The quantitative estimate of drug-likeness (QED) is 0.162. The molecule has 0 atom stereocenters. The van der Waals surface area contributed by atoms with Crippen LogP contribution in [0.1, 0.15) is 43.7 Å². The van der Waals surface area contributed by atoms with Crippen molar-refractivity contribution in [2.45, 2.75) is 52.5 Å². The zero-order chi connectivity index (χ0) is 29.3. The van der Waals surface area contributed by atoms with Gasteiger partial charge in [0.15, 0.2) is 11.8 Å². The Balaban J connectivity index is 1.46. The average Bonchev–Trinajstić information content (AvgIpc) is 3.15. The zero-order valence-electron chi connectivity index (χ0n) is 23.2. The molecule has 12 nitrogen and oxygen atoms in total. The number of nitrogens with one attached hydrogen (secondary N) is 3. The number of amides is 3. The molecular weight excluding hydrogens is 520 g/mol. The van der Waals surface area contributed by atoms with Crippen molar-refractivity contribution in [3.63, 3.8) is 0 Å². The van der Waals surface area contributed by atoms with Crippen LogP contribution in [-0.2, 0) is 41.6 Å². The minimum absolute atomic E-state index is 0.0385. The standard InChI is InChI=1S/C28H40N4O8/c1-20-19-27(37)32(28(20)38)14-10-25(35)30-13-16-40-18-17-39-15-11-26(36)31-23-6-3-22(4-7-23)5-8-24(34)29-12-9-21(2)33/h3-4,6-7,19,37-38H,5,8-18H2,1-2H3,(H,29,34)(H,30,35)(H,31,36). The van der Waals surface area contributed by atoms with Gasteiger partial charge in [-0.05, 0) is 38.0 Å². The molecule has 220 valence electrons. The fraction of sp³-hybridized carbons (Fsp3) is 0.500. The molecule has 0 aliphatic heterocycles. The van der Waals surface area contributed by atoms with Crippen LogP contribution < -0.4 is 16.0 Å². The number of hydrogen-bond acceptors (Lipinski definition) is 8. The van der Waals surface area contributed by atoms with E-state index in [0.29, 0.717) is 63.4 Å². The molecule has 0 spiro atoms. The van der Waals surface area contributed by atoms with E-state index in [2.05, 4.69) is 16.0 Å². The van der Waals surface area contributed by atoms with E-state index in [0.717, 1.165) is 5.56 Å². The maximum absolute atomic E-state index is 12.1. The molecule has 0 aliphatic rings. The highest BCUT2D eigenvalue weighted by molar-refractivity contribution is 5.90. The number of carbonyl (C=O) groups excluding carboxylic acids is 4. The van der Waals surface area contributed by atoms with E-state index in [4.69, 9.17) is 9.47 Å². The second-order valence-corrected chi connectivity index (χ2v) is 9.28. The number of aryl methyl sites for hydroxylation is 2. The number of benzene rings is 1. The molecule has 1 aromatic heterocycles. The molecule has 0 aliphatic carbocycles. The summed E-state index contributed by atoms with van der Waals surface area (Å²) < 4.78 is 12.1. The van der Waals surface area contributed by atoms with Crippen molar-refractivity contribution in [1.82, 2.24) is 15.2 Å². The lowest BCUT2D eigenvalue weighted by Crippen LogP contribution is -2.28. The SMILES string of the molecule is CC(=O)CCNC(=O)CCc1ccc(NC(=O)CCOCCOCCNC(=O)CCn2c(O)cc(C)c2O)cc1. The summed E-state index contributed by atoms with van der Waals surface area (Å²) in [6.07, 6.45) is 1.51. The number of ether oxygens (including phenoxy) is 2. The summed E-state index contributed by atoms with van der Waals surface area (Å²) in [7, 11) is 0. The summed E-state index contributed by atoms with van der Waals surface area (Å²) in [4.78, 5) is 46.7. The number of hydrogen-bond donors (Lipinski definition) is 5. The maximum Gasteiger partial charge on any atom is 0.226 e. The van der Waals surface area contributed by atoms with Crippen LogP contribution in [0.25, 0.3) is 0 Å². The Kier molecular flexibility index (Phi) is 14.3. The van der Waals surface area contributed by atoms with Gasteiger partial charge in [0.05, 0.1) is 32.8 Å². The van der Waals surface area contributed by atoms with Crippen molar-refractivity contribution in [3.8, 4) is 11.8 Å². The second-order valence-electron chi connectivity index (χ2n) is 9.28. The third-order valence-electron chi connectivity index (χ3n) is 5.88.